The first-order chi connectivity index (χ1) is 11.1. The number of carbonyl (C=O) groups excluding carboxylic acids is 3. The summed E-state index contributed by atoms with van der Waals surface area (Å²) in [7, 11) is 0. The van der Waals surface area contributed by atoms with Gasteiger partial charge in [-0.3, -0.25) is 19.3 Å². The third kappa shape index (κ3) is 2.96. The van der Waals surface area contributed by atoms with Gasteiger partial charge in [-0.05, 0) is 12.1 Å². The van der Waals surface area contributed by atoms with Crippen LogP contribution in [0.3, 0.4) is 0 Å². The van der Waals surface area contributed by atoms with Crippen LogP contribution in [0.1, 0.15) is 38.9 Å². The number of amides is 3. The Kier molecular flexibility index (Phi) is 3.88. The van der Waals surface area contributed by atoms with Gasteiger partial charge in [0.05, 0.1) is 17.7 Å². The van der Waals surface area contributed by atoms with E-state index in [2.05, 4.69) is 15.5 Å². The zero-order chi connectivity index (χ0) is 16.4. The van der Waals surface area contributed by atoms with Gasteiger partial charge in [0.1, 0.15) is 0 Å². The molecule has 2 aromatic rings. The molecule has 0 radical (unpaired) electrons. The standard InChI is InChI=1S/C15H14N4O4/c1-9-17-18-13(23-9)8-16-12(20)6-7-19-14(21)10-4-2-3-5-11(10)15(19)22/h2-5H,6-8H2,1H3,(H,16,20). The van der Waals surface area contributed by atoms with E-state index in [-0.39, 0.29) is 37.2 Å². The molecule has 8 heteroatoms. The normalized spacial score (nSPS) is 13.3. The highest BCUT2D eigenvalue weighted by molar-refractivity contribution is 6.21. The van der Waals surface area contributed by atoms with Crippen LogP contribution in [0.5, 0.6) is 0 Å². The number of aromatic nitrogens is 2. The second-order valence-electron chi connectivity index (χ2n) is 5.05. The molecule has 0 saturated carbocycles. The summed E-state index contributed by atoms with van der Waals surface area (Å²) in [5, 5.41) is 10.0. The Morgan fingerprint density at radius 1 is 1.17 bits per heavy atom. The second kappa shape index (κ2) is 5.99. The number of imide groups is 1. The third-order valence-electron chi connectivity index (χ3n) is 3.45. The van der Waals surface area contributed by atoms with Crippen molar-refractivity contribution in [2.75, 3.05) is 6.54 Å². The third-order valence-corrected chi connectivity index (χ3v) is 3.45. The van der Waals surface area contributed by atoms with Gasteiger partial charge in [0.25, 0.3) is 11.8 Å². The van der Waals surface area contributed by atoms with Crippen LogP contribution in [-0.4, -0.2) is 39.4 Å². The molecular formula is C15H14N4O4. The van der Waals surface area contributed by atoms with E-state index in [1.165, 1.54) is 0 Å². The van der Waals surface area contributed by atoms with E-state index in [0.717, 1.165) is 4.90 Å². The van der Waals surface area contributed by atoms with Crippen molar-refractivity contribution < 1.29 is 18.8 Å². The van der Waals surface area contributed by atoms with Gasteiger partial charge in [-0.1, -0.05) is 12.1 Å². The lowest BCUT2D eigenvalue weighted by molar-refractivity contribution is -0.121. The van der Waals surface area contributed by atoms with Crippen LogP contribution in [0.25, 0.3) is 0 Å². The summed E-state index contributed by atoms with van der Waals surface area (Å²) >= 11 is 0. The first-order valence-corrected chi connectivity index (χ1v) is 7.07. The molecule has 0 atom stereocenters. The average molecular weight is 314 g/mol. The summed E-state index contributed by atoms with van der Waals surface area (Å²) in [5.74, 6) is -0.328. The van der Waals surface area contributed by atoms with Crippen LogP contribution in [0, 0.1) is 6.92 Å². The monoisotopic (exact) mass is 314 g/mol. The Labute approximate surface area is 131 Å². The number of aryl methyl sites for hydroxylation is 1. The summed E-state index contributed by atoms with van der Waals surface area (Å²) in [6.07, 6.45) is 0.0125. The van der Waals surface area contributed by atoms with Crippen molar-refractivity contribution in [1.29, 1.82) is 0 Å². The quantitative estimate of drug-likeness (QED) is 0.814. The lowest BCUT2D eigenvalue weighted by atomic mass is 10.1. The maximum absolute atomic E-state index is 12.1. The van der Waals surface area contributed by atoms with Crippen LogP contribution in [0.4, 0.5) is 0 Å². The molecule has 0 spiro atoms. The molecule has 0 fully saturated rings. The Balaban J connectivity index is 1.54. The summed E-state index contributed by atoms with van der Waals surface area (Å²) in [4.78, 5) is 37.2. The second-order valence-corrected chi connectivity index (χ2v) is 5.05. The van der Waals surface area contributed by atoms with Gasteiger partial charge in [0.15, 0.2) is 0 Å². The molecule has 8 nitrogen and oxygen atoms in total. The van der Waals surface area contributed by atoms with Gasteiger partial charge in [-0.25, -0.2) is 0 Å². The molecule has 1 aromatic carbocycles. The van der Waals surface area contributed by atoms with Crippen molar-refractivity contribution in [3.8, 4) is 0 Å². The van der Waals surface area contributed by atoms with Crippen LogP contribution >= 0.6 is 0 Å². The first kappa shape index (κ1) is 14.9. The van der Waals surface area contributed by atoms with Crippen molar-refractivity contribution in [1.82, 2.24) is 20.4 Å². The van der Waals surface area contributed by atoms with Crippen molar-refractivity contribution in [2.24, 2.45) is 0 Å². The molecular weight excluding hydrogens is 300 g/mol. The lowest BCUT2D eigenvalue weighted by Crippen LogP contribution is -2.34. The molecule has 0 aliphatic carbocycles. The number of hydrogen-bond acceptors (Lipinski definition) is 6. The minimum atomic E-state index is -0.370. The molecule has 0 unspecified atom stereocenters. The maximum Gasteiger partial charge on any atom is 0.261 e. The molecule has 1 aliphatic heterocycles. The van der Waals surface area contributed by atoms with Gasteiger partial charge in [-0.15, -0.1) is 10.2 Å². The first-order valence-electron chi connectivity index (χ1n) is 7.07. The molecule has 3 rings (SSSR count). The van der Waals surface area contributed by atoms with Gasteiger partial charge < -0.3 is 9.73 Å². The number of benzene rings is 1. The summed E-state index contributed by atoms with van der Waals surface area (Å²) in [6, 6.07) is 6.61. The molecule has 1 N–H and O–H groups in total. The minimum absolute atomic E-state index is 0.0125. The van der Waals surface area contributed by atoms with Crippen molar-refractivity contribution >= 4 is 17.7 Å². The Bertz CT molecular complexity index is 748. The van der Waals surface area contributed by atoms with Crippen molar-refractivity contribution in [2.45, 2.75) is 19.9 Å². The number of carbonyl (C=O) groups is 3. The molecule has 3 amide bonds. The van der Waals surface area contributed by atoms with E-state index >= 15 is 0 Å². The molecule has 0 bridgehead atoms. The van der Waals surface area contributed by atoms with E-state index in [1.807, 2.05) is 0 Å². The largest absolute Gasteiger partial charge is 0.424 e. The molecule has 118 valence electrons. The van der Waals surface area contributed by atoms with Gasteiger partial charge in [0, 0.05) is 19.9 Å². The number of fused-ring (bicyclic) bond motifs is 1. The smallest absolute Gasteiger partial charge is 0.261 e. The fraction of sp³-hybridized carbons (Fsp3) is 0.267. The van der Waals surface area contributed by atoms with E-state index in [4.69, 9.17) is 4.42 Å². The van der Waals surface area contributed by atoms with E-state index in [0.29, 0.717) is 22.9 Å². The minimum Gasteiger partial charge on any atom is -0.424 e. The Hall–Kier alpha value is -3.03. The van der Waals surface area contributed by atoms with Crippen LogP contribution in [0.15, 0.2) is 28.7 Å². The van der Waals surface area contributed by atoms with Gasteiger partial charge in [0.2, 0.25) is 17.7 Å². The predicted molar refractivity (Wildman–Crippen MR) is 77.3 cm³/mol. The number of nitrogens with zero attached hydrogens (tertiary/aromatic N) is 3. The average Bonchev–Trinajstić information content (AvgIpc) is 3.07. The Morgan fingerprint density at radius 3 is 2.39 bits per heavy atom. The molecule has 23 heavy (non-hydrogen) atoms. The number of rotatable bonds is 5. The summed E-state index contributed by atoms with van der Waals surface area (Å²) < 4.78 is 5.13. The van der Waals surface area contributed by atoms with E-state index < -0.39 is 0 Å². The predicted octanol–water partition coefficient (Wildman–Crippen LogP) is 0.681. The topological polar surface area (TPSA) is 105 Å². The molecule has 1 aromatic heterocycles. The highest BCUT2D eigenvalue weighted by Crippen LogP contribution is 2.22. The fourth-order valence-electron chi connectivity index (χ4n) is 2.33. The zero-order valence-electron chi connectivity index (χ0n) is 12.4. The van der Waals surface area contributed by atoms with Crippen molar-refractivity contribution in [3.63, 3.8) is 0 Å². The Morgan fingerprint density at radius 2 is 1.83 bits per heavy atom. The van der Waals surface area contributed by atoms with E-state index in [1.54, 1.807) is 31.2 Å². The van der Waals surface area contributed by atoms with Gasteiger partial charge >= 0.3 is 0 Å². The van der Waals surface area contributed by atoms with Gasteiger partial charge in [-0.2, -0.15) is 0 Å². The number of nitrogens with one attached hydrogen (secondary N) is 1. The van der Waals surface area contributed by atoms with Crippen LogP contribution in [0.2, 0.25) is 0 Å². The van der Waals surface area contributed by atoms with Crippen LogP contribution in [-0.2, 0) is 11.3 Å². The van der Waals surface area contributed by atoms with Crippen LogP contribution < -0.4 is 5.32 Å². The highest BCUT2D eigenvalue weighted by Gasteiger charge is 2.34. The van der Waals surface area contributed by atoms with E-state index in [9.17, 15) is 14.4 Å². The lowest BCUT2D eigenvalue weighted by Gasteiger charge is -2.13. The molecule has 1 aliphatic rings. The number of hydrogen-bond donors (Lipinski definition) is 1. The highest BCUT2D eigenvalue weighted by atomic mass is 16.4. The summed E-state index contributed by atoms with van der Waals surface area (Å²) in [5.41, 5.74) is 0.749. The maximum atomic E-state index is 12.1. The molecule has 2 heterocycles. The zero-order valence-corrected chi connectivity index (χ0v) is 12.4. The summed E-state index contributed by atoms with van der Waals surface area (Å²) in [6.45, 7) is 1.80. The fourth-order valence-corrected chi connectivity index (χ4v) is 2.33. The molecule has 0 saturated heterocycles. The SMILES string of the molecule is Cc1nnc(CNC(=O)CCN2C(=O)c3ccccc3C2=O)o1. The van der Waals surface area contributed by atoms with Crippen molar-refractivity contribution in [3.05, 3.63) is 47.2 Å².